The fourth-order valence-electron chi connectivity index (χ4n) is 3.81. The van der Waals surface area contributed by atoms with Gasteiger partial charge in [-0.05, 0) is 44.0 Å². The molecule has 3 aromatic carbocycles. The van der Waals surface area contributed by atoms with E-state index in [2.05, 4.69) is 0 Å². The number of carboxylic acid groups (broad SMARTS) is 1. The molecule has 4 rings (SSSR count). The highest BCUT2D eigenvalue weighted by Crippen LogP contribution is 2.47. The van der Waals surface area contributed by atoms with Gasteiger partial charge in [-0.1, -0.05) is 60.7 Å². The van der Waals surface area contributed by atoms with Gasteiger partial charge in [-0.25, -0.2) is 4.79 Å². The molecule has 0 spiro atoms. The molecule has 1 amide bonds. The lowest BCUT2D eigenvalue weighted by Gasteiger charge is -2.37. The molecule has 3 aromatic rings. The molecule has 0 aliphatic carbocycles. The van der Waals surface area contributed by atoms with Crippen molar-refractivity contribution in [2.24, 2.45) is 0 Å². The number of carboxylic acids is 1. The number of para-hydroxylation sites is 1. The summed E-state index contributed by atoms with van der Waals surface area (Å²) in [5, 5.41) is 9.57. The number of nitrogens with zero attached hydrogens (tertiary/aromatic N) is 1. The van der Waals surface area contributed by atoms with Gasteiger partial charge in [0.15, 0.2) is 0 Å². The third kappa shape index (κ3) is 4.44. The van der Waals surface area contributed by atoms with E-state index in [0.717, 1.165) is 11.1 Å². The Labute approximate surface area is 187 Å². The van der Waals surface area contributed by atoms with Gasteiger partial charge in [0, 0.05) is 11.1 Å². The first-order chi connectivity index (χ1) is 15.2. The maximum absolute atomic E-state index is 13.1. The standard InChI is InChI=1S/C26H25NO5/c1-26(2,3)32-25(30)27(16-23(28)29)24-19-11-7-8-12-21(19)31-22-15-18(13-14-20(22)24)17-9-5-4-6-10-17/h4-15,24H,16H2,1-3H3,(H,28,29). The molecule has 1 unspecified atom stereocenters. The Balaban J connectivity index is 1.83. The molecule has 1 heterocycles. The van der Waals surface area contributed by atoms with E-state index in [4.69, 9.17) is 9.47 Å². The quantitative estimate of drug-likeness (QED) is 0.559. The van der Waals surface area contributed by atoms with Gasteiger partial charge in [0.2, 0.25) is 0 Å². The van der Waals surface area contributed by atoms with Gasteiger partial charge in [0.25, 0.3) is 0 Å². The molecule has 6 heteroatoms. The molecular weight excluding hydrogens is 406 g/mol. The molecule has 0 saturated heterocycles. The highest BCUT2D eigenvalue weighted by Gasteiger charge is 2.37. The van der Waals surface area contributed by atoms with Crippen molar-refractivity contribution in [3.63, 3.8) is 0 Å². The van der Waals surface area contributed by atoms with Gasteiger partial charge in [-0.15, -0.1) is 0 Å². The van der Waals surface area contributed by atoms with Crippen LogP contribution in [0.3, 0.4) is 0 Å². The molecule has 164 valence electrons. The van der Waals surface area contributed by atoms with E-state index in [-0.39, 0.29) is 0 Å². The predicted octanol–water partition coefficient (Wildman–Crippen LogP) is 5.87. The fraction of sp³-hybridized carbons (Fsp3) is 0.231. The third-order valence-electron chi connectivity index (χ3n) is 5.09. The van der Waals surface area contributed by atoms with Gasteiger partial charge < -0.3 is 14.6 Å². The van der Waals surface area contributed by atoms with E-state index in [0.29, 0.717) is 22.6 Å². The van der Waals surface area contributed by atoms with Crippen LogP contribution < -0.4 is 4.74 Å². The molecule has 1 atom stereocenters. The molecule has 0 aromatic heterocycles. The minimum Gasteiger partial charge on any atom is -0.480 e. The van der Waals surface area contributed by atoms with Gasteiger partial charge in [0.05, 0.1) is 6.04 Å². The zero-order valence-electron chi connectivity index (χ0n) is 18.2. The number of hydrogen-bond donors (Lipinski definition) is 1. The largest absolute Gasteiger partial charge is 0.480 e. The van der Waals surface area contributed by atoms with Crippen LogP contribution in [0.4, 0.5) is 4.79 Å². The minimum absolute atomic E-state index is 0.506. The van der Waals surface area contributed by atoms with E-state index >= 15 is 0 Å². The molecule has 0 fully saturated rings. The maximum Gasteiger partial charge on any atom is 0.411 e. The second kappa shape index (κ2) is 8.38. The van der Waals surface area contributed by atoms with E-state index in [1.54, 1.807) is 20.8 Å². The summed E-state index contributed by atoms with van der Waals surface area (Å²) in [5.41, 5.74) is 2.64. The second-order valence-electron chi connectivity index (χ2n) is 8.66. The first-order valence-corrected chi connectivity index (χ1v) is 10.4. The van der Waals surface area contributed by atoms with Crippen molar-refractivity contribution in [1.29, 1.82) is 0 Å². The zero-order valence-corrected chi connectivity index (χ0v) is 18.2. The summed E-state index contributed by atoms with van der Waals surface area (Å²) in [6.07, 6.45) is -0.695. The minimum atomic E-state index is -1.12. The van der Waals surface area contributed by atoms with Crippen LogP contribution in [0.1, 0.15) is 37.9 Å². The molecule has 0 bridgehead atoms. The summed E-state index contributed by atoms with van der Waals surface area (Å²) in [7, 11) is 0. The first kappa shape index (κ1) is 21.4. The monoisotopic (exact) mass is 431 g/mol. The Morgan fingerprint density at radius 3 is 2.25 bits per heavy atom. The highest BCUT2D eigenvalue weighted by atomic mass is 16.6. The molecule has 0 saturated carbocycles. The lowest BCUT2D eigenvalue weighted by molar-refractivity contribution is -0.138. The molecule has 32 heavy (non-hydrogen) atoms. The van der Waals surface area contributed by atoms with E-state index in [1.165, 1.54) is 4.90 Å². The highest BCUT2D eigenvalue weighted by molar-refractivity contribution is 5.79. The van der Waals surface area contributed by atoms with Gasteiger partial charge in [0.1, 0.15) is 23.6 Å². The Morgan fingerprint density at radius 2 is 1.56 bits per heavy atom. The number of aliphatic carboxylic acids is 1. The number of ether oxygens (including phenoxy) is 2. The van der Waals surface area contributed by atoms with Crippen LogP contribution in [0.2, 0.25) is 0 Å². The van der Waals surface area contributed by atoms with Crippen LogP contribution >= 0.6 is 0 Å². The number of carbonyl (C=O) groups excluding carboxylic acids is 1. The lowest BCUT2D eigenvalue weighted by atomic mass is 9.91. The summed E-state index contributed by atoms with van der Waals surface area (Å²) in [5.74, 6) is 0.0328. The second-order valence-corrected chi connectivity index (χ2v) is 8.66. The molecule has 0 radical (unpaired) electrons. The van der Waals surface area contributed by atoms with Crippen molar-refractivity contribution < 1.29 is 24.2 Å². The van der Waals surface area contributed by atoms with Crippen LogP contribution in [-0.4, -0.2) is 34.2 Å². The third-order valence-corrected chi connectivity index (χ3v) is 5.09. The van der Waals surface area contributed by atoms with Crippen LogP contribution in [0.15, 0.2) is 72.8 Å². The van der Waals surface area contributed by atoms with Crippen molar-refractivity contribution >= 4 is 12.1 Å². The van der Waals surface area contributed by atoms with Crippen molar-refractivity contribution in [3.05, 3.63) is 83.9 Å². The SMILES string of the molecule is CC(C)(C)OC(=O)N(CC(=O)O)C1c2ccccc2Oc2cc(-c3ccccc3)ccc21. The topological polar surface area (TPSA) is 76.1 Å². The summed E-state index contributed by atoms with van der Waals surface area (Å²) in [6.45, 7) is 4.75. The summed E-state index contributed by atoms with van der Waals surface area (Å²) in [6, 6.07) is 22.3. The zero-order chi connectivity index (χ0) is 22.9. The van der Waals surface area contributed by atoms with Gasteiger partial charge in [-0.2, -0.15) is 0 Å². The van der Waals surface area contributed by atoms with Gasteiger partial charge in [-0.3, -0.25) is 9.69 Å². The normalized spacial score (nSPS) is 14.5. The van der Waals surface area contributed by atoms with Gasteiger partial charge >= 0.3 is 12.1 Å². The fourth-order valence-corrected chi connectivity index (χ4v) is 3.81. The lowest BCUT2D eigenvalue weighted by Crippen LogP contribution is -2.43. The van der Waals surface area contributed by atoms with Crippen molar-refractivity contribution in [2.75, 3.05) is 6.54 Å². The van der Waals surface area contributed by atoms with Crippen molar-refractivity contribution in [2.45, 2.75) is 32.4 Å². The smallest absolute Gasteiger partial charge is 0.411 e. The summed E-state index contributed by atoms with van der Waals surface area (Å²) < 4.78 is 11.7. The summed E-state index contributed by atoms with van der Waals surface area (Å²) >= 11 is 0. The van der Waals surface area contributed by atoms with E-state index in [9.17, 15) is 14.7 Å². The number of rotatable bonds is 4. The number of fused-ring (bicyclic) bond motifs is 2. The van der Waals surface area contributed by atoms with E-state index in [1.807, 2.05) is 72.8 Å². The van der Waals surface area contributed by atoms with Crippen LogP contribution in [0.5, 0.6) is 11.5 Å². The number of benzene rings is 3. The average molecular weight is 431 g/mol. The Kier molecular flexibility index (Phi) is 5.61. The van der Waals surface area contributed by atoms with E-state index < -0.39 is 30.3 Å². The van der Waals surface area contributed by atoms with Crippen molar-refractivity contribution in [1.82, 2.24) is 4.90 Å². The molecule has 1 aliphatic rings. The Morgan fingerprint density at radius 1 is 0.906 bits per heavy atom. The molecule has 1 aliphatic heterocycles. The summed E-state index contributed by atoms with van der Waals surface area (Å²) in [4.78, 5) is 26.1. The Hall–Kier alpha value is -3.80. The van der Waals surface area contributed by atoms with Crippen LogP contribution in [-0.2, 0) is 9.53 Å². The number of carbonyl (C=O) groups is 2. The average Bonchev–Trinajstić information content (AvgIpc) is 2.75. The molecule has 6 nitrogen and oxygen atoms in total. The molecule has 1 N–H and O–H groups in total. The number of amides is 1. The molecular formula is C26H25NO5. The van der Waals surface area contributed by atoms with Crippen molar-refractivity contribution in [3.8, 4) is 22.6 Å². The van der Waals surface area contributed by atoms with Crippen LogP contribution in [0.25, 0.3) is 11.1 Å². The first-order valence-electron chi connectivity index (χ1n) is 10.4. The predicted molar refractivity (Wildman–Crippen MR) is 121 cm³/mol. The number of hydrogen-bond acceptors (Lipinski definition) is 4. The van der Waals surface area contributed by atoms with Crippen LogP contribution in [0, 0.1) is 0 Å². The maximum atomic E-state index is 13.1. The Bertz CT molecular complexity index is 1150.